The van der Waals surface area contributed by atoms with Crippen molar-refractivity contribution in [1.29, 1.82) is 0 Å². The maximum Gasteiger partial charge on any atom is 0.343 e. The summed E-state index contributed by atoms with van der Waals surface area (Å²) >= 11 is 0. The van der Waals surface area contributed by atoms with Crippen LogP contribution in [-0.2, 0) is 9.59 Å². The van der Waals surface area contributed by atoms with Gasteiger partial charge >= 0.3 is 5.63 Å². The van der Waals surface area contributed by atoms with Crippen LogP contribution in [0.4, 0.5) is 11.4 Å². The molecule has 11 nitrogen and oxygen atoms in total. The highest BCUT2D eigenvalue weighted by molar-refractivity contribution is 5.95. The molecule has 2 amide bonds. The second-order valence-corrected chi connectivity index (χ2v) is 8.08. The summed E-state index contributed by atoms with van der Waals surface area (Å²) in [5, 5.41) is 25.8. The molecule has 196 valence electrons. The van der Waals surface area contributed by atoms with E-state index >= 15 is 0 Å². The first-order valence-electron chi connectivity index (χ1n) is 11.1. The fourth-order valence-electron chi connectivity index (χ4n) is 3.99. The molecule has 0 bridgehead atoms. The maximum atomic E-state index is 13.2. The minimum absolute atomic E-state index is 0.111. The molecule has 0 aliphatic heterocycles. The van der Waals surface area contributed by atoms with Gasteiger partial charge in [0.1, 0.15) is 17.3 Å². The second-order valence-electron chi connectivity index (χ2n) is 8.08. The number of hydrogen-bond donors (Lipinski definition) is 4. The van der Waals surface area contributed by atoms with E-state index < -0.39 is 23.4 Å². The van der Waals surface area contributed by atoms with Crippen LogP contribution in [0.5, 0.6) is 28.7 Å². The van der Waals surface area contributed by atoms with Gasteiger partial charge in [0.25, 0.3) is 0 Å². The number of hydrogen-bond acceptors (Lipinski definition) is 9. The topological polar surface area (TPSA) is 157 Å². The molecule has 0 saturated heterocycles. The lowest BCUT2D eigenvalue weighted by atomic mass is 9.87. The van der Waals surface area contributed by atoms with Crippen molar-refractivity contribution in [3.8, 4) is 28.7 Å². The molecule has 4 N–H and O–H groups in total. The fourth-order valence-corrected chi connectivity index (χ4v) is 3.99. The number of carbonyl (C=O) groups is 2. The molecule has 0 saturated carbocycles. The van der Waals surface area contributed by atoms with Crippen molar-refractivity contribution in [2.45, 2.75) is 26.2 Å². The van der Waals surface area contributed by atoms with Crippen molar-refractivity contribution < 1.29 is 38.4 Å². The molecule has 1 unspecified atom stereocenters. The van der Waals surface area contributed by atoms with Gasteiger partial charge in [0, 0.05) is 36.6 Å². The standard InChI is InChI=1S/C26H28N2O9/c1-13-10-20(31)23(26(33)37-13)17(16-7-9-21(34-3)25(36-5)24(16)35-4)12-22(32)28-15-6-8-19(30)18(11-15)27-14(2)29/h6-11,17,30-31H,12H2,1-5H3,(H,27,29)(H,28,32). The summed E-state index contributed by atoms with van der Waals surface area (Å²) in [5.74, 6) is -1.48. The molecular weight excluding hydrogens is 484 g/mol. The molecule has 11 heteroatoms. The third kappa shape index (κ3) is 5.95. The Balaban J connectivity index is 2.08. The lowest BCUT2D eigenvalue weighted by Crippen LogP contribution is -2.21. The summed E-state index contributed by atoms with van der Waals surface area (Å²) in [4.78, 5) is 37.4. The number of methoxy groups -OCH3 is 3. The quantitative estimate of drug-likeness (QED) is 0.249. The number of benzene rings is 2. The third-order valence-electron chi connectivity index (χ3n) is 5.53. The molecule has 0 aliphatic rings. The predicted octanol–water partition coefficient (Wildman–Crippen LogP) is 3.50. The zero-order valence-corrected chi connectivity index (χ0v) is 21.0. The summed E-state index contributed by atoms with van der Waals surface area (Å²) in [6, 6.07) is 8.63. The highest BCUT2D eigenvalue weighted by Gasteiger charge is 2.30. The number of anilines is 2. The van der Waals surface area contributed by atoms with Crippen LogP contribution in [0, 0.1) is 6.92 Å². The lowest BCUT2D eigenvalue weighted by Gasteiger charge is -2.22. The van der Waals surface area contributed by atoms with E-state index in [1.165, 1.54) is 59.4 Å². The molecular formula is C26H28N2O9. The molecule has 0 spiro atoms. The number of amides is 2. The number of aromatic hydroxyl groups is 2. The van der Waals surface area contributed by atoms with E-state index in [0.717, 1.165) is 0 Å². The third-order valence-corrected chi connectivity index (χ3v) is 5.53. The van der Waals surface area contributed by atoms with Crippen molar-refractivity contribution in [2.75, 3.05) is 32.0 Å². The fraction of sp³-hybridized carbons (Fsp3) is 0.269. The van der Waals surface area contributed by atoms with Crippen LogP contribution in [0.25, 0.3) is 0 Å². The van der Waals surface area contributed by atoms with Crippen LogP contribution >= 0.6 is 0 Å². The number of phenols is 1. The van der Waals surface area contributed by atoms with Gasteiger partial charge in [0.05, 0.1) is 32.6 Å². The van der Waals surface area contributed by atoms with Gasteiger partial charge in [0.15, 0.2) is 11.5 Å². The average molecular weight is 513 g/mol. The number of aryl methyl sites for hydroxylation is 1. The first kappa shape index (κ1) is 26.9. The molecule has 1 atom stereocenters. The Kier molecular flexibility index (Phi) is 8.28. The van der Waals surface area contributed by atoms with Gasteiger partial charge in [-0.2, -0.15) is 0 Å². The Morgan fingerprint density at radius 3 is 2.24 bits per heavy atom. The van der Waals surface area contributed by atoms with Crippen LogP contribution in [0.3, 0.4) is 0 Å². The van der Waals surface area contributed by atoms with Gasteiger partial charge in [-0.3, -0.25) is 9.59 Å². The molecule has 3 rings (SSSR count). The number of rotatable bonds is 9. The largest absolute Gasteiger partial charge is 0.507 e. The molecule has 2 aromatic carbocycles. The van der Waals surface area contributed by atoms with Gasteiger partial charge < -0.3 is 39.5 Å². The van der Waals surface area contributed by atoms with E-state index in [1.54, 1.807) is 12.1 Å². The number of phenolic OH excluding ortho intramolecular Hbond substituents is 1. The average Bonchev–Trinajstić information content (AvgIpc) is 2.83. The summed E-state index contributed by atoms with van der Waals surface area (Å²) < 4.78 is 21.6. The van der Waals surface area contributed by atoms with Gasteiger partial charge in [0.2, 0.25) is 17.6 Å². The normalized spacial score (nSPS) is 11.4. The minimum Gasteiger partial charge on any atom is -0.507 e. The minimum atomic E-state index is -1.02. The van der Waals surface area contributed by atoms with Crippen LogP contribution in [-0.4, -0.2) is 43.4 Å². The predicted molar refractivity (Wildman–Crippen MR) is 135 cm³/mol. The van der Waals surface area contributed by atoms with Gasteiger partial charge in [-0.15, -0.1) is 0 Å². The highest BCUT2D eigenvalue weighted by Crippen LogP contribution is 2.46. The first-order chi connectivity index (χ1) is 17.6. The van der Waals surface area contributed by atoms with Crippen molar-refractivity contribution in [1.82, 2.24) is 0 Å². The Hall–Kier alpha value is -4.67. The van der Waals surface area contributed by atoms with Crippen molar-refractivity contribution in [3.63, 3.8) is 0 Å². The summed E-state index contributed by atoms with van der Waals surface area (Å²) in [7, 11) is 4.27. The Morgan fingerprint density at radius 2 is 1.65 bits per heavy atom. The second kappa shape index (κ2) is 11.4. The molecule has 0 aliphatic carbocycles. The van der Waals surface area contributed by atoms with Crippen LogP contribution in [0.2, 0.25) is 0 Å². The van der Waals surface area contributed by atoms with E-state index in [2.05, 4.69) is 10.6 Å². The van der Waals surface area contributed by atoms with Crippen LogP contribution in [0.15, 0.2) is 45.6 Å². The van der Waals surface area contributed by atoms with E-state index in [-0.39, 0.29) is 52.1 Å². The summed E-state index contributed by atoms with van der Waals surface area (Å²) in [5.41, 5.74) is -0.197. The molecule has 0 fully saturated rings. The zero-order valence-electron chi connectivity index (χ0n) is 21.0. The molecule has 37 heavy (non-hydrogen) atoms. The van der Waals surface area contributed by atoms with E-state index in [0.29, 0.717) is 11.3 Å². The maximum absolute atomic E-state index is 13.2. The molecule has 3 aromatic rings. The number of carbonyl (C=O) groups excluding carboxylic acids is 2. The van der Waals surface area contributed by atoms with E-state index in [9.17, 15) is 24.6 Å². The van der Waals surface area contributed by atoms with E-state index in [1.807, 2.05) is 0 Å². The SMILES string of the molecule is COc1ccc(C(CC(=O)Nc2ccc(O)c(NC(C)=O)c2)c2c(O)cc(C)oc2=O)c(OC)c1OC. The summed E-state index contributed by atoms with van der Waals surface area (Å²) in [6.07, 6.45) is -0.316. The van der Waals surface area contributed by atoms with Crippen molar-refractivity contribution in [3.05, 3.63) is 63.7 Å². The van der Waals surface area contributed by atoms with Gasteiger partial charge in [-0.25, -0.2) is 4.79 Å². The van der Waals surface area contributed by atoms with Crippen LogP contribution in [0.1, 0.15) is 36.1 Å². The molecule has 0 radical (unpaired) electrons. The Morgan fingerprint density at radius 1 is 0.946 bits per heavy atom. The summed E-state index contributed by atoms with van der Waals surface area (Å²) in [6.45, 7) is 2.80. The zero-order chi connectivity index (χ0) is 27.3. The van der Waals surface area contributed by atoms with Gasteiger partial charge in [-0.05, 0) is 31.2 Å². The van der Waals surface area contributed by atoms with E-state index in [4.69, 9.17) is 18.6 Å². The van der Waals surface area contributed by atoms with Gasteiger partial charge in [-0.1, -0.05) is 6.07 Å². The number of ether oxygens (including phenoxy) is 3. The Bertz CT molecular complexity index is 1380. The first-order valence-corrected chi connectivity index (χ1v) is 11.1. The van der Waals surface area contributed by atoms with Crippen LogP contribution < -0.4 is 30.5 Å². The van der Waals surface area contributed by atoms with Crippen molar-refractivity contribution >= 4 is 23.2 Å². The molecule has 1 heterocycles. The monoisotopic (exact) mass is 512 g/mol. The molecule has 1 aromatic heterocycles. The highest BCUT2D eigenvalue weighted by atomic mass is 16.5. The number of nitrogens with one attached hydrogen (secondary N) is 2. The Labute approximate surface area is 212 Å². The van der Waals surface area contributed by atoms with Crippen molar-refractivity contribution in [2.24, 2.45) is 0 Å². The smallest absolute Gasteiger partial charge is 0.343 e. The lowest BCUT2D eigenvalue weighted by molar-refractivity contribution is -0.116.